The molecule has 1 fully saturated rings. The summed E-state index contributed by atoms with van der Waals surface area (Å²) in [5.74, 6) is -2.66. The van der Waals surface area contributed by atoms with Crippen LogP contribution in [0.1, 0.15) is 111 Å². The van der Waals surface area contributed by atoms with E-state index in [-0.39, 0.29) is 36.2 Å². The molecule has 13 nitrogen and oxygen atoms in total. The molecule has 2 aromatic carbocycles. The van der Waals surface area contributed by atoms with Crippen molar-refractivity contribution in [3.05, 3.63) is 72.3 Å². The van der Waals surface area contributed by atoms with Crippen molar-refractivity contribution in [2.45, 2.75) is 112 Å². The van der Waals surface area contributed by atoms with Crippen LogP contribution < -0.4 is 9.47 Å². The second-order valence-electron chi connectivity index (χ2n) is 16.2. The van der Waals surface area contributed by atoms with Gasteiger partial charge in [-0.05, 0) is 113 Å². The Kier molecular flexibility index (Phi) is 20.6. The molecule has 61 heavy (non-hydrogen) atoms. The Morgan fingerprint density at radius 2 is 1.21 bits per heavy atom. The van der Waals surface area contributed by atoms with Crippen LogP contribution in [0, 0.1) is 17.3 Å². The van der Waals surface area contributed by atoms with E-state index in [0.29, 0.717) is 35.8 Å². The molecule has 0 spiro atoms. The molecule has 1 aliphatic carbocycles. The number of hydrogen-bond acceptors (Lipinski definition) is 13. The van der Waals surface area contributed by atoms with Crippen molar-refractivity contribution in [3.63, 3.8) is 0 Å². The lowest BCUT2D eigenvalue weighted by Gasteiger charge is -2.32. The van der Waals surface area contributed by atoms with Gasteiger partial charge in [0.25, 0.3) is 0 Å². The molecule has 1 aliphatic rings. The number of esters is 5. The molecule has 2 aromatic rings. The van der Waals surface area contributed by atoms with Gasteiger partial charge in [-0.15, -0.1) is 0 Å². The van der Waals surface area contributed by atoms with Gasteiger partial charge in [0.2, 0.25) is 0 Å². The maximum Gasteiger partial charge on any atom is 0.333 e. The average molecular weight is 847 g/mol. The molecule has 0 aliphatic heterocycles. The van der Waals surface area contributed by atoms with Gasteiger partial charge in [-0.2, -0.15) is 0 Å². The van der Waals surface area contributed by atoms with Crippen molar-refractivity contribution < 1.29 is 62.0 Å². The molecule has 0 unspecified atom stereocenters. The smallest absolute Gasteiger partial charge is 0.333 e. The molecular formula is C48H62O13. The summed E-state index contributed by atoms with van der Waals surface area (Å²) in [5, 5.41) is 0. The van der Waals surface area contributed by atoms with Gasteiger partial charge in [0.15, 0.2) is 0 Å². The van der Waals surface area contributed by atoms with Crippen LogP contribution in [0.4, 0.5) is 0 Å². The summed E-state index contributed by atoms with van der Waals surface area (Å²) in [7, 11) is 0. The molecule has 0 radical (unpaired) electrons. The lowest BCUT2D eigenvalue weighted by atomic mass is 9.80. The van der Waals surface area contributed by atoms with Crippen LogP contribution in [0.2, 0.25) is 0 Å². The van der Waals surface area contributed by atoms with Crippen LogP contribution in [0.3, 0.4) is 0 Å². The standard InChI is InChI=1S/C48H62O13/c1-8-9-10-12-36-14-16-38(17-15-36)47(55)61-41-21-18-37(19-22-41)39-20-23-42(40(27-39)13-11-24-56-45(53)32(2)3)57-28-48(31-60-46(54)33(4)5,29-58-43(51)25-34(6)49)30-59-44(52)26-35(7)50/h18-23,27,36,38H,2,4,8-17,24-26,28-31H2,1,3,5-7H3. The molecule has 3 rings (SSSR count). The number of aryl methyl sites for hydroxylation is 1. The fourth-order valence-electron chi connectivity index (χ4n) is 6.73. The summed E-state index contributed by atoms with van der Waals surface area (Å²) >= 11 is 0. The van der Waals surface area contributed by atoms with Gasteiger partial charge >= 0.3 is 29.8 Å². The van der Waals surface area contributed by atoms with E-state index in [1.54, 1.807) is 25.1 Å². The Balaban J connectivity index is 1.88. The predicted octanol–water partition coefficient (Wildman–Crippen LogP) is 8.23. The first-order chi connectivity index (χ1) is 29.0. The Hall–Kier alpha value is -5.59. The van der Waals surface area contributed by atoms with E-state index in [1.165, 1.54) is 46.5 Å². The number of benzene rings is 2. The molecular weight excluding hydrogens is 785 g/mol. The van der Waals surface area contributed by atoms with E-state index in [1.807, 2.05) is 24.3 Å². The minimum Gasteiger partial charge on any atom is -0.492 e. The van der Waals surface area contributed by atoms with E-state index < -0.39 is 73.5 Å². The van der Waals surface area contributed by atoms with E-state index >= 15 is 0 Å². The average Bonchev–Trinajstić information content (AvgIpc) is 3.21. The van der Waals surface area contributed by atoms with Crippen LogP contribution in [-0.4, -0.2) is 74.4 Å². The number of Topliss-reactive ketones (excluding diaryl/α,β-unsaturated/α-hetero) is 2. The summed E-state index contributed by atoms with van der Waals surface area (Å²) in [6.45, 7) is 13.2. The number of hydrogen-bond donors (Lipinski definition) is 0. The van der Waals surface area contributed by atoms with Crippen molar-refractivity contribution in [1.29, 1.82) is 0 Å². The minimum atomic E-state index is -1.50. The van der Waals surface area contributed by atoms with E-state index in [9.17, 15) is 33.6 Å². The normalized spacial score (nSPS) is 14.8. The molecule has 332 valence electrons. The van der Waals surface area contributed by atoms with Crippen molar-refractivity contribution in [2.75, 3.05) is 33.0 Å². The summed E-state index contributed by atoms with van der Waals surface area (Å²) in [5.41, 5.74) is 1.17. The van der Waals surface area contributed by atoms with Gasteiger partial charge in [0.05, 0.1) is 12.5 Å². The van der Waals surface area contributed by atoms with Crippen molar-refractivity contribution >= 4 is 41.4 Å². The van der Waals surface area contributed by atoms with Crippen LogP contribution in [0.5, 0.6) is 11.5 Å². The summed E-state index contributed by atoms with van der Waals surface area (Å²) in [6.07, 6.45) is 8.44. The number of ketones is 2. The summed E-state index contributed by atoms with van der Waals surface area (Å²) in [4.78, 5) is 86.1. The van der Waals surface area contributed by atoms with E-state index in [0.717, 1.165) is 36.8 Å². The Labute approximate surface area is 359 Å². The SMILES string of the molecule is C=C(C)C(=O)OCCCc1cc(-c2ccc(OC(=O)C3CCC(CCCCC)CC3)cc2)ccc1OCC(COC(=O)CC(C)=O)(COC(=O)CC(C)=O)COC(=O)C(=C)C. The fraction of sp³-hybridized carbons (Fsp3) is 0.521. The zero-order valence-corrected chi connectivity index (χ0v) is 36.4. The van der Waals surface area contributed by atoms with Gasteiger partial charge < -0.3 is 28.4 Å². The Bertz CT molecular complexity index is 1840. The predicted molar refractivity (Wildman–Crippen MR) is 227 cm³/mol. The van der Waals surface area contributed by atoms with Crippen LogP contribution in [-0.2, 0) is 58.9 Å². The number of rotatable bonds is 26. The molecule has 0 amide bonds. The third-order valence-electron chi connectivity index (χ3n) is 10.3. The highest BCUT2D eigenvalue weighted by molar-refractivity contribution is 5.94. The van der Waals surface area contributed by atoms with Gasteiger partial charge in [0, 0.05) is 11.1 Å². The maximum absolute atomic E-state index is 13.1. The van der Waals surface area contributed by atoms with Gasteiger partial charge in [-0.3, -0.25) is 24.0 Å². The first-order valence-corrected chi connectivity index (χ1v) is 21.0. The molecule has 0 saturated heterocycles. The number of ether oxygens (including phenoxy) is 6. The fourth-order valence-corrected chi connectivity index (χ4v) is 6.73. The van der Waals surface area contributed by atoms with Crippen LogP contribution >= 0.6 is 0 Å². The topological polar surface area (TPSA) is 175 Å². The lowest BCUT2D eigenvalue weighted by molar-refractivity contribution is -0.163. The summed E-state index contributed by atoms with van der Waals surface area (Å²) in [6, 6.07) is 12.7. The largest absolute Gasteiger partial charge is 0.492 e. The minimum absolute atomic E-state index is 0.0868. The highest BCUT2D eigenvalue weighted by atomic mass is 16.6. The molecule has 0 atom stereocenters. The monoisotopic (exact) mass is 846 g/mol. The highest BCUT2D eigenvalue weighted by Crippen LogP contribution is 2.34. The van der Waals surface area contributed by atoms with Gasteiger partial charge in [-0.1, -0.05) is 64.0 Å². The number of unbranched alkanes of at least 4 members (excludes halogenated alkanes) is 2. The quantitative estimate of drug-likeness (QED) is 0.0221. The Morgan fingerprint density at radius 1 is 0.656 bits per heavy atom. The third kappa shape index (κ3) is 17.9. The maximum atomic E-state index is 13.1. The number of carbonyl (C=O) groups is 7. The van der Waals surface area contributed by atoms with Crippen molar-refractivity contribution in [3.8, 4) is 22.6 Å². The zero-order chi connectivity index (χ0) is 45.0. The van der Waals surface area contributed by atoms with Crippen LogP contribution in [0.15, 0.2) is 66.8 Å². The van der Waals surface area contributed by atoms with Crippen molar-refractivity contribution in [1.82, 2.24) is 0 Å². The molecule has 0 heterocycles. The zero-order valence-electron chi connectivity index (χ0n) is 36.4. The molecule has 0 aromatic heterocycles. The first kappa shape index (κ1) is 49.8. The summed E-state index contributed by atoms with van der Waals surface area (Å²) < 4.78 is 33.8. The number of carbonyl (C=O) groups excluding carboxylic acids is 7. The highest BCUT2D eigenvalue weighted by Gasteiger charge is 2.38. The van der Waals surface area contributed by atoms with Crippen molar-refractivity contribution in [2.24, 2.45) is 17.3 Å². The molecule has 0 bridgehead atoms. The van der Waals surface area contributed by atoms with Crippen LogP contribution in [0.25, 0.3) is 11.1 Å². The second kappa shape index (κ2) is 25.2. The second-order valence-corrected chi connectivity index (χ2v) is 16.2. The first-order valence-electron chi connectivity index (χ1n) is 21.0. The Morgan fingerprint density at radius 3 is 1.77 bits per heavy atom. The van der Waals surface area contributed by atoms with E-state index in [2.05, 4.69) is 20.1 Å². The van der Waals surface area contributed by atoms with E-state index in [4.69, 9.17) is 28.4 Å². The molecule has 0 N–H and O–H groups in total. The molecule has 13 heteroatoms. The molecule has 1 saturated carbocycles. The van der Waals surface area contributed by atoms with Gasteiger partial charge in [0.1, 0.15) is 67.7 Å². The lowest BCUT2D eigenvalue weighted by Crippen LogP contribution is -2.44. The third-order valence-corrected chi connectivity index (χ3v) is 10.3. The van der Waals surface area contributed by atoms with Gasteiger partial charge in [-0.25, -0.2) is 9.59 Å².